The molecule has 1 heterocycles. The normalized spacial score (nSPS) is 23.3. The van der Waals surface area contributed by atoms with Crippen molar-refractivity contribution in [2.24, 2.45) is 11.8 Å². The second kappa shape index (κ2) is 6.81. The molecule has 130 valence electrons. The number of rotatable bonds is 4. The quantitative estimate of drug-likeness (QED) is 0.838. The van der Waals surface area contributed by atoms with Crippen molar-refractivity contribution in [2.45, 2.75) is 51.9 Å². The maximum absolute atomic E-state index is 13.2. The van der Waals surface area contributed by atoms with Crippen LogP contribution in [-0.2, 0) is 10.0 Å². The Hall–Kier alpha value is -1.07. The Bertz CT molecular complexity index is 657. The monoisotopic (exact) mass is 339 g/mol. The van der Waals surface area contributed by atoms with Crippen LogP contribution in [0.2, 0.25) is 0 Å². The first kappa shape index (κ1) is 18.3. The first-order valence-electron chi connectivity index (χ1n) is 8.35. The van der Waals surface area contributed by atoms with E-state index in [0.717, 1.165) is 17.5 Å². The van der Waals surface area contributed by atoms with Gasteiger partial charge < -0.3 is 4.74 Å². The van der Waals surface area contributed by atoms with Gasteiger partial charge in [0.15, 0.2) is 0 Å². The molecule has 23 heavy (non-hydrogen) atoms. The van der Waals surface area contributed by atoms with E-state index in [1.54, 1.807) is 10.4 Å². The highest BCUT2D eigenvalue weighted by Gasteiger charge is 2.34. The lowest BCUT2D eigenvalue weighted by Crippen LogP contribution is -2.42. The molecule has 0 N–H and O–H groups in total. The fraction of sp³-hybridized carbons (Fsp3) is 0.667. The molecule has 1 aromatic rings. The Morgan fingerprint density at radius 3 is 2.22 bits per heavy atom. The first-order valence-corrected chi connectivity index (χ1v) is 9.79. The molecule has 0 saturated carbocycles. The van der Waals surface area contributed by atoms with Crippen molar-refractivity contribution in [3.8, 4) is 5.75 Å². The number of methoxy groups -OCH3 is 1. The van der Waals surface area contributed by atoms with Crippen molar-refractivity contribution in [3.63, 3.8) is 0 Å². The van der Waals surface area contributed by atoms with Gasteiger partial charge in [-0.2, -0.15) is 4.31 Å². The van der Waals surface area contributed by atoms with Gasteiger partial charge in [-0.15, -0.1) is 0 Å². The highest BCUT2D eigenvalue weighted by Crippen LogP contribution is 2.35. The summed E-state index contributed by atoms with van der Waals surface area (Å²) in [6.45, 7) is 11.6. The number of piperidine rings is 1. The van der Waals surface area contributed by atoms with E-state index in [9.17, 15) is 8.42 Å². The van der Waals surface area contributed by atoms with Crippen molar-refractivity contribution >= 4 is 10.0 Å². The Kier molecular flexibility index (Phi) is 5.41. The summed E-state index contributed by atoms with van der Waals surface area (Å²) < 4.78 is 33.4. The Labute approximate surface area is 140 Å². The van der Waals surface area contributed by atoms with E-state index < -0.39 is 10.0 Å². The molecule has 2 rings (SSSR count). The van der Waals surface area contributed by atoms with E-state index in [1.807, 2.05) is 13.0 Å². The standard InChI is InChI=1S/C18H29NO3S/c1-12(2)16-9-18(17(22-6)8-15(16)5)23(20,21)19-10-13(3)7-14(4)11-19/h8-9,12-14H,7,10-11H2,1-6H3. The fourth-order valence-electron chi connectivity index (χ4n) is 3.60. The summed E-state index contributed by atoms with van der Waals surface area (Å²) >= 11 is 0. The summed E-state index contributed by atoms with van der Waals surface area (Å²) in [4.78, 5) is 0.301. The third-order valence-electron chi connectivity index (χ3n) is 4.63. The van der Waals surface area contributed by atoms with Gasteiger partial charge in [-0.25, -0.2) is 8.42 Å². The van der Waals surface area contributed by atoms with Crippen LogP contribution in [-0.4, -0.2) is 32.9 Å². The molecule has 4 nitrogen and oxygen atoms in total. The highest BCUT2D eigenvalue weighted by molar-refractivity contribution is 7.89. The average molecular weight is 340 g/mol. The predicted octanol–water partition coefficient (Wildman–Crippen LogP) is 3.79. The van der Waals surface area contributed by atoms with Gasteiger partial charge in [-0.1, -0.05) is 27.7 Å². The van der Waals surface area contributed by atoms with E-state index >= 15 is 0 Å². The van der Waals surface area contributed by atoms with Crippen LogP contribution >= 0.6 is 0 Å². The van der Waals surface area contributed by atoms with Gasteiger partial charge >= 0.3 is 0 Å². The molecule has 0 aromatic heterocycles. The molecule has 2 unspecified atom stereocenters. The maximum Gasteiger partial charge on any atom is 0.246 e. The minimum absolute atomic E-state index is 0.272. The lowest BCUT2D eigenvalue weighted by atomic mass is 9.94. The second-order valence-electron chi connectivity index (χ2n) is 7.28. The summed E-state index contributed by atoms with van der Waals surface area (Å²) in [5.41, 5.74) is 2.12. The molecular weight excluding hydrogens is 310 g/mol. The summed E-state index contributed by atoms with van der Waals surface area (Å²) in [7, 11) is -2.00. The first-order chi connectivity index (χ1) is 10.7. The number of ether oxygens (including phenoxy) is 1. The Balaban J connectivity index is 2.52. The number of nitrogens with zero attached hydrogens (tertiary/aromatic N) is 1. The smallest absolute Gasteiger partial charge is 0.246 e. The molecule has 0 amide bonds. The van der Waals surface area contributed by atoms with Crippen molar-refractivity contribution in [3.05, 3.63) is 23.3 Å². The topological polar surface area (TPSA) is 46.6 Å². The second-order valence-corrected chi connectivity index (χ2v) is 9.19. The van der Waals surface area contributed by atoms with Crippen LogP contribution in [0.1, 0.15) is 51.2 Å². The van der Waals surface area contributed by atoms with Gasteiger partial charge in [-0.05, 0) is 54.4 Å². The zero-order valence-electron chi connectivity index (χ0n) is 15.1. The van der Waals surface area contributed by atoms with Crippen LogP contribution in [0.25, 0.3) is 0 Å². The molecular formula is C18H29NO3S. The highest BCUT2D eigenvalue weighted by atomic mass is 32.2. The predicted molar refractivity (Wildman–Crippen MR) is 93.5 cm³/mol. The fourth-order valence-corrected chi connectivity index (χ4v) is 5.45. The summed E-state index contributed by atoms with van der Waals surface area (Å²) in [5, 5.41) is 0. The van der Waals surface area contributed by atoms with Gasteiger partial charge in [0.1, 0.15) is 10.6 Å². The summed E-state index contributed by atoms with van der Waals surface area (Å²) in [5.74, 6) is 1.48. The molecule has 1 fully saturated rings. The van der Waals surface area contributed by atoms with Crippen molar-refractivity contribution in [2.75, 3.05) is 20.2 Å². The van der Waals surface area contributed by atoms with Crippen LogP contribution in [0.4, 0.5) is 0 Å². The van der Waals surface area contributed by atoms with Gasteiger partial charge in [0.25, 0.3) is 0 Å². The molecule has 1 aliphatic heterocycles. The molecule has 2 atom stereocenters. The Morgan fingerprint density at radius 2 is 1.74 bits per heavy atom. The van der Waals surface area contributed by atoms with Crippen LogP contribution in [0.3, 0.4) is 0 Å². The van der Waals surface area contributed by atoms with E-state index in [2.05, 4.69) is 27.7 Å². The lowest BCUT2D eigenvalue weighted by Gasteiger charge is -2.34. The lowest BCUT2D eigenvalue weighted by molar-refractivity contribution is 0.222. The SMILES string of the molecule is COc1cc(C)c(C(C)C)cc1S(=O)(=O)N1CC(C)CC(C)C1. The van der Waals surface area contributed by atoms with Crippen molar-refractivity contribution < 1.29 is 13.2 Å². The van der Waals surface area contributed by atoms with Crippen LogP contribution in [0, 0.1) is 18.8 Å². The molecule has 1 aromatic carbocycles. The minimum Gasteiger partial charge on any atom is -0.495 e. The third kappa shape index (κ3) is 3.72. The van der Waals surface area contributed by atoms with Crippen LogP contribution in [0.5, 0.6) is 5.75 Å². The van der Waals surface area contributed by atoms with Crippen LogP contribution < -0.4 is 4.74 Å². The molecule has 1 aliphatic rings. The molecule has 1 saturated heterocycles. The molecule has 0 bridgehead atoms. The third-order valence-corrected chi connectivity index (χ3v) is 6.48. The van der Waals surface area contributed by atoms with Crippen molar-refractivity contribution in [1.82, 2.24) is 4.31 Å². The largest absolute Gasteiger partial charge is 0.495 e. The van der Waals surface area contributed by atoms with Gasteiger partial charge in [0.05, 0.1) is 7.11 Å². The maximum atomic E-state index is 13.2. The van der Waals surface area contributed by atoms with E-state index in [1.165, 1.54) is 7.11 Å². The number of hydrogen-bond donors (Lipinski definition) is 0. The van der Waals surface area contributed by atoms with Gasteiger partial charge in [0.2, 0.25) is 10.0 Å². The molecule has 5 heteroatoms. The van der Waals surface area contributed by atoms with Crippen LogP contribution in [0.15, 0.2) is 17.0 Å². The summed E-state index contributed by atoms with van der Waals surface area (Å²) in [6, 6.07) is 3.65. The van der Waals surface area contributed by atoms with Gasteiger partial charge in [0, 0.05) is 13.1 Å². The van der Waals surface area contributed by atoms with Gasteiger partial charge in [-0.3, -0.25) is 0 Å². The number of benzene rings is 1. The van der Waals surface area contributed by atoms with Crippen molar-refractivity contribution in [1.29, 1.82) is 0 Å². The molecule has 0 radical (unpaired) electrons. The molecule has 0 aliphatic carbocycles. The number of aryl methyl sites for hydroxylation is 1. The zero-order valence-corrected chi connectivity index (χ0v) is 15.9. The number of sulfonamides is 1. The van der Waals surface area contributed by atoms with E-state index in [4.69, 9.17) is 4.74 Å². The minimum atomic E-state index is -3.54. The Morgan fingerprint density at radius 1 is 1.17 bits per heavy atom. The summed E-state index contributed by atoms with van der Waals surface area (Å²) in [6.07, 6.45) is 1.08. The zero-order chi connectivity index (χ0) is 17.4. The average Bonchev–Trinajstić information content (AvgIpc) is 2.45. The van der Waals surface area contributed by atoms with E-state index in [-0.39, 0.29) is 5.92 Å². The van der Waals surface area contributed by atoms with E-state index in [0.29, 0.717) is 35.6 Å². The number of hydrogen-bond acceptors (Lipinski definition) is 3. The molecule has 0 spiro atoms.